The third-order valence-electron chi connectivity index (χ3n) is 6.37. The van der Waals surface area contributed by atoms with E-state index in [1.165, 1.54) is 16.0 Å². The van der Waals surface area contributed by atoms with Crippen LogP contribution in [0.3, 0.4) is 0 Å². The molecule has 6 heteroatoms. The van der Waals surface area contributed by atoms with E-state index in [0.717, 1.165) is 17.7 Å². The highest BCUT2D eigenvalue weighted by atomic mass is 32.1. The number of hydrogen-bond acceptors (Lipinski definition) is 5. The second kappa shape index (κ2) is 12.2. The second-order valence-electron chi connectivity index (χ2n) is 9.10. The van der Waals surface area contributed by atoms with Gasteiger partial charge in [-0.2, -0.15) is 0 Å². The van der Waals surface area contributed by atoms with Crippen molar-refractivity contribution in [2.24, 2.45) is 0 Å². The first kappa shape index (κ1) is 25.2. The Morgan fingerprint density at radius 3 is 2.74 bits per heavy atom. The van der Waals surface area contributed by atoms with Crippen LogP contribution in [-0.4, -0.2) is 59.7 Å². The minimum Gasteiger partial charge on any atom is -0.491 e. The normalized spacial score (nSPS) is 16.1. The average molecular weight is 491 g/mol. The summed E-state index contributed by atoms with van der Waals surface area (Å²) in [7, 11) is 0. The Morgan fingerprint density at radius 1 is 1.23 bits per heavy atom. The maximum absolute atomic E-state index is 13.5. The molecule has 0 spiro atoms. The fourth-order valence-corrected chi connectivity index (χ4v) is 5.53. The van der Waals surface area contributed by atoms with E-state index in [-0.39, 0.29) is 18.5 Å². The molecule has 0 saturated carbocycles. The summed E-state index contributed by atoms with van der Waals surface area (Å²) >= 11 is 1.75. The fourth-order valence-electron chi connectivity index (χ4n) is 4.60. The molecule has 2 heterocycles. The van der Waals surface area contributed by atoms with Crippen LogP contribution in [-0.2, 0) is 17.6 Å². The molecule has 0 saturated heterocycles. The van der Waals surface area contributed by atoms with Crippen molar-refractivity contribution in [3.05, 3.63) is 100 Å². The van der Waals surface area contributed by atoms with E-state index >= 15 is 0 Å². The first-order valence-corrected chi connectivity index (χ1v) is 13.0. The van der Waals surface area contributed by atoms with Gasteiger partial charge in [-0.1, -0.05) is 54.1 Å². The standard InChI is InChI=1S/C29H34N2O3S/c1-3-15-30(19-24(32)18-23-7-5-4-6-8-23)20-29(33)31-16-13-28-26(14-17-35-28)27(31)21-34-25-11-9-22(2)10-12-25/h3-12,14,17,24,27,32H,1,13,15-16,18-21H2,2H3/t24-,27+/m1/s1. The first-order valence-electron chi connectivity index (χ1n) is 12.1. The van der Waals surface area contributed by atoms with E-state index < -0.39 is 6.10 Å². The van der Waals surface area contributed by atoms with Crippen molar-refractivity contribution in [1.29, 1.82) is 0 Å². The van der Waals surface area contributed by atoms with Crippen molar-refractivity contribution >= 4 is 17.2 Å². The number of nitrogens with zero attached hydrogens (tertiary/aromatic N) is 2. The molecule has 2 atom stereocenters. The summed E-state index contributed by atoms with van der Waals surface area (Å²) in [6.07, 6.45) is 2.64. The van der Waals surface area contributed by atoms with Gasteiger partial charge in [0, 0.05) is 24.5 Å². The highest BCUT2D eigenvalue weighted by Gasteiger charge is 2.33. The lowest BCUT2D eigenvalue weighted by Crippen LogP contribution is -2.48. The Balaban J connectivity index is 1.42. The van der Waals surface area contributed by atoms with Crippen LogP contribution < -0.4 is 4.74 Å². The van der Waals surface area contributed by atoms with Gasteiger partial charge in [-0.25, -0.2) is 0 Å². The molecule has 1 amide bonds. The number of aryl methyl sites for hydroxylation is 1. The molecule has 0 fully saturated rings. The molecular formula is C29H34N2O3S. The SMILES string of the molecule is C=CCN(CC(=O)N1CCc2sccc2[C@@H]1COc1ccc(C)cc1)C[C@H](O)Cc1ccccc1. The van der Waals surface area contributed by atoms with Gasteiger partial charge in [0.05, 0.1) is 18.7 Å². The van der Waals surface area contributed by atoms with Crippen LogP contribution in [0.4, 0.5) is 0 Å². The highest BCUT2D eigenvalue weighted by Crippen LogP contribution is 2.34. The van der Waals surface area contributed by atoms with Crippen LogP contribution >= 0.6 is 11.3 Å². The molecule has 3 aromatic rings. The summed E-state index contributed by atoms with van der Waals surface area (Å²) in [6, 6.07) is 19.9. The maximum atomic E-state index is 13.5. The average Bonchev–Trinajstić information content (AvgIpc) is 3.33. The molecule has 1 aliphatic heterocycles. The molecular weight excluding hydrogens is 456 g/mol. The summed E-state index contributed by atoms with van der Waals surface area (Å²) in [4.78, 5) is 18.8. The zero-order valence-corrected chi connectivity index (χ0v) is 21.1. The van der Waals surface area contributed by atoms with Crippen molar-refractivity contribution in [1.82, 2.24) is 9.80 Å². The quantitative estimate of drug-likeness (QED) is 0.398. The van der Waals surface area contributed by atoms with E-state index in [1.807, 2.05) is 64.4 Å². The van der Waals surface area contributed by atoms with E-state index in [4.69, 9.17) is 4.74 Å². The smallest absolute Gasteiger partial charge is 0.237 e. The molecule has 1 N–H and O–H groups in total. The number of hydrogen-bond donors (Lipinski definition) is 1. The number of aliphatic hydroxyl groups is 1. The number of benzene rings is 2. The lowest BCUT2D eigenvalue weighted by Gasteiger charge is -2.37. The van der Waals surface area contributed by atoms with Crippen LogP contribution in [0.1, 0.15) is 27.6 Å². The lowest BCUT2D eigenvalue weighted by molar-refractivity contribution is -0.136. The second-order valence-corrected chi connectivity index (χ2v) is 10.1. The highest BCUT2D eigenvalue weighted by molar-refractivity contribution is 7.10. The van der Waals surface area contributed by atoms with Crippen LogP contribution in [0.2, 0.25) is 0 Å². The Labute approximate surface area is 212 Å². The zero-order valence-electron chi connectivity index (χ0n) is 20.3. The monoisotopic (exact) mass is 490 g/mol. The predicted molar refractivity (Wildman–Crippen MR) is 142 cm³/mol. The van der Waals surface area contributed by atoms with Crippen molar-refractivity contribution < 1.29 is 14.6 Å². The van der Waals surface area contributed by atoms with Crippen LogP contribution in [0.5, 0.6) is 5.75 Å². The third-order valence-corrected chi connectivity index (χ3v) is 7.37. The van der Waals surface area contributed by atoms with Crippen molar-refractivity contribution in [2.45, 2.75) is 31.9 Å². The topological polar surface area (TPSA) is 53.0 Å². The Morgan fingerprint density at radius 2 is 2.00 bits per heavy atom. The number of ether oxygens (including phenoxy) is 1. The summed E-state index contributed by atoms with van der Waals surface area (Å²) in [6.45, 7) is 8.17. The molecule has 0 unspecified atom stereocenters. The maximum Gasteiger partial charge on any atom is 0.237 e. The number of amides is 1. The number of aliphatic hydroxyl groups excluding tert-OH is 1. The summed E-state index contributed by atoms with van der Waals surface area (Å²) in [5.41, 5.74) is 3.45. The molecule has 1 aliphatic rings. The van der Waals surface area contributed by atoms with Crippen molar-refractivity contribution in [3.63, 3.8) is 0 Å². The molecule has 35 heavy (non-hydrogen) atoms. The van der Waals surface area contributed by atoms with Gasteiger partial charge in [0.2, 0.25) is 5.91 Å². The number of thiophene rings is 1. The Hall–Kier alpha value is -2.93. The molecule has 1 aromatic heterocycles. The van der Waals surface area contributed by atoms with E-state index in [2.05, 4.69) is 24.9 Å². The zero-order chi connectivity index (χ0) is 24.6. The molecule has 184 valence electrons. The fraction of sp³-hybridized carbons (Fsp3) is 0.345. The van der Waals surface area contributed by atoms with Crippen LogP contribution in [0.15, 0.2) is 78.7 Å². The number of carbonyl (C=O) groups excluding carboxylic acids is 1. The predicted octanol–water partition coefficient (Wildman–Crippen LogP) is 4.65. The van der Waals surface area contributed by atoms with E-state index in [0.29, 0.717) is 32.7 Å². The third kappa shape index (κ3) is 6.82. The lowest BCUT2D eigenvalue weighted by atomic mass is 10.00. The molecule has 4 rings (SSSR count). The van der Waals surface area contributed by atoms with Gasteiger partial charge in [0.15, 0.2) is 0 Å². The number of rotatable bonds is 11. The van der Waals surface area contributed by atoms with Crippen molar-refractivity contribution in [2.75, 3.05) is 32.8 Å². The molecule has 0 bridgehead atoms. The summed E-state index contributed by atoms with van der Waals surface area (Å²) < 4.78 is 6.13. The minimum absolute atomic E-state index is 0.0492. The van der Waals surface area contributed by atoms with Crippen LogP contribution in [0.25, 0.3) is 0 Å². The summed E-state index contributed by atoms with van der Waals surface area (Å²) in [5.74, 6) is 0.857. The first-order chi connectivity index (χ1) is 17.0. The number of fused-ring (bicyclic) bond motifs is 1. The van der Waals surface area contributed by atoms with Gasteiger partial charge in [-0.15, -0.1) is 17.9 Å². The van der Waals surface area contributed by atoms with E-state index in [1.54, 1.807) is 17.4 Å². The molecule has 5 nitrogen and oxygen atoms in total. The van der Waals surface area contributed by atoms with Gasteiger partial charge in [-0.3, -0.25) is 9.69 Å². The van der Waals surface area contributed by atoms with Gasteiger partial charge in [0.25, 0.3) is 0 Å². The Bertz CT molecular complexity index is 1100. The summed E-state index contributed by atoms with van der Waals surface area (Å²) in [5, 5.41) is 12.8. The van der Waals surface area contributed by atoms with Gasteiger partial charge < -0.3 is 14.7 Å². The van der Waals surface area contributed by atoms with Gasteiger partial charge in [-0.05, 0) is 54.5 Å². The van der Waals surface area contributed by atoms with Gasteiger partial charge >= 0.3 is 0 Å². The minimum atomic E-state index is -0.560. The van der Waals surface area contributed by atoms with Crippen LogP contribution in [0, 0.1) is 6.92 Å². The molecule has 0 radical (unpaired) electrons. The number of carbonyl (C=O) groups is 1. The Kier molecular flexibility index (Phi) is 8.74. The van der Waals surface area contributed by atoms with Gasteiger partial charge in [0.1, 0.15) is 12.4 Å². The largest absolute Gasteiger partial charge is 0.491 e. The molecule has 2 aromatic carbocycles. The van der Waals surface area contributed by atoms with Crippen molar-refractivity contribution in [3.8, 4) is 5.75 Å². The molecule has 0 aliphatic carbocycles. The van der Waals surface area contributed by atoms with E-state index in [9.17, 15) is 9.90 Å².